The molecule has 3 N–H and O–H groups in total. The van der Waals surface area contributed by atoms with Crippen LogP contribution in [0.1, 0.15) is 47.2 Å². The number of hydrogen-bond donors (Lipinski definition) is 2. The van der Waals surface area contributed by atoms with Crippen molar-refractivity contribution in [2.75, 3.05) is 18.6 Å². The van der Waals surface area contributed by atoms with Crippen LogP contribution in [0.4, 0.5) is 0 Å². The molecule has 112 valence electrons. The largest absolute Gasteiger partial charge is 0.366 e. The van der Waals surface area contributed by atoms with E-state index in [0.29, 0.717) is 5.56 Å². The predicted molar refractivity (Wildman–Crippen MR) is 88.3 cm³/mol. The molecule has 0 spiro atoms. The normalized spacial score (nSPS) is 10.7. The minimum absolute atomic E-state index is 0.363. The molecule has 0 fully saturated rings. The first kappa shape index (κ1) is 17.1. The van der Waals surface area contributed by atoms with E-state index in [0.717, 1.165) is 18.7 Å². The van der Waals surface area contributed by atoms with Crippen molar-refractivity contribution in [3.05, 3.63) is 34.9 Å². The molecule has 0 bridgehead atoms. The Bertz CT molecular complexity index is 421. The second kappa shape index (κ2) is 9.83. The molecule has 1 amide bonds. The number of thioether (sulfide) groups is 1. The molecule has 1 aromatic rings. The lowest BCUT2D eigenvalue weighted by Gasteiger charge is -2.09. The molecule has 0 radical (unpaired) electrons. The Balaban J connectivity index is 2.20. The molecule has 0 unspecified atom stereocenters. The number of hydrogen-bond acceptors (Lipinski definition) is 3. The van der Waals surface area contributed by atoms with Gasteiger partial charge in [0.25, 0.3) is 0 Å². The number of amides is 1. The molecule has 0 aliphatic heterocycles. The van der Waals surface area contributed by atoms with Crippen molar-refractivity contribution >= 4 is 17.7 Å². The Labute approximate surface area is 126 Å². The van der Waals surface area contributed by atoms with Gasteiger partial charge >= 0.3 is 0 Å². The molecule has 0 saturated carbocycles. The minimum atomic E-state index is -0.363. The number of nitrogens with one attached hydrogen (secondary N) is 1. The summed E-state index contributed by atoms with van der Waals surface area (Å²) >= 11 is 1.92. The van der Waals surface area contributed by atoms with E-state index in [2.05, 4.69) is 11.6 Å². The van der Waals surface area contributed by atoms with Gasteiger partial charge in [0.1, 0.15) is 0 Å². The average Bonchev–Trinajstić information content (AvgIpc) is 2.43. The van der Waals surface area contributed by atoms with Gasteiger partial charge < -0.3 is 11.1 Å². The third-order valence-electron chi connectivity index (χ3n) is 3.39. The molecule has 0 aromatic heterocycles. The van der Waals surface area contributed by atoms with Crippen LogP contribution in [0.2, 0.25) is 0 Å². The van der Waals surface area contributed by atoms with Crippen LogP contribution in [-0.2, 0) is 6.54 Å². The lowest BCUT2D eigenvalue weighted by molar-refractivity contribution is 0.1000. The van der Waals surface area contributed by atoms with Crippen LogP contribution < -0.4 is 11.1 Å². The predicted octanol–water partition coefficient (Wildman–Crippen LogP) is 3.11. The van der Waals surface area contributed by atoms with Crippen LogP contribution in [0.5, 0.6) is 0 Å². The smallest absolute Gasteiger partial charge is 0.248 e. The maximum absolute atomic E-state index is 11.1. The van der Waals surface area contributed by atoms with E-state index in [4.69, 9.17) is 5.73 Å². The fraction of sp³-hybridized carbons (Fsp3) is 0.562. The van der Waals surface area contributed by atoms with Gasteiger partial charge in [-0.1, -0.05) is 18.9 Å². The fourth-order valence-corrected chi connectivity index (χ4v) is 2.61. The first-order valence-corrected chi connectivity index (χ1v) is 8.63. The van der Waals surface area contributed by atoms with E-state index >= 15 is 0 Å². The summed E-state index contributed by atoms with van der Waals surface area (Å²) in [6.45, 7) is 3.93. The number of benzene rings is 1. The Morgan fingerprint density at radius 2 is 2.00 bits per heavy atom. The van der Waals surface area contributed by atoms with Crippen LogP contribution >= 0.6 is 11.8 Å². The SMILES string of the molecule is CSCCCCCCNCc1ccc(C(N)=O)cc1C. The minimum Gasteiger partial charge on any atom is -0.366 e. The monoisotopic (exact) mass is 294 g/mol. The van der Waals surface area contributed by atoms with Gasteiger partial charge in [0.05, 0.1) is 0 Å². The zero-order chi connectivity index (χ0) is 14.8. The molecule has 1 aromatic carbocycles. The van der Waals surface area contributed by atoms with Gasteiger partial charge in [-0.15, -0.1) is 0 Å². The first-order chi connectivity index (χ1) is 9.65. The van der Waals surface area contributed by atoms with Crippen LogP contribution in [0, 0.1) is 6.92 Å². The maximum Gasteiger partial charge on any atom is 0.248 e. The summed E-state index contributed by atoms with van der Waals surface area (Å²) in [6, 6.07) is 5.65. The summed E-state index contributed by atoms with van der Waals surface area (Å²) in [7, 11) is 0. The third kappa shape index (κ3) is 6.44. The van der Waals surface area contributed by atoms with E-state index in [1.807, 2.05) is 30.8 Å². The maximum atomic E-state index is 11.1. The van der Waals surface area contributed by atoms with Crippen molar-refractivity contribution in [3.63, 3.8) is 0 Å². The molecule has 20 heavy (non-hydrogen) atoms. The number of nitrogens with two attached hydrogens (primary N) is 1. The van der Waals surface area contributed by atoms with E-state index in [-0.39, 0.29) is 5.91 Å². The fourth-order valence-electron chi connectivity index (χ4n) is 2.12. The van der Waals surface area contributed by atoms with Gasteiger partial charge in [-0.2, -0.15) is 11.8 Å². The van der Waals surface area contributed by atoms with Crippen molar-refractivity contribution in [2.45, 2.75) is 39.2 Å². The molecule has 4 heteroatoms. The molecular formula is C16H26N2OS. The van der Waals surface area contributed by atoms with Gasteiger partial charge in [0.15, 0.2) is 0 Å². The van der Waals surface area contributed by atoms with Gasteiger partial charge in [-0.3, -0.25) is 4.79 Å². The van der Waals surface area contributed by atoms with Gasteiger partial charge in [0, 0.05) is 12.1 Å². The highest BCUT2D eigenvalue weighted by molar-refractivity contribution is 7.98. The second-order valence-electron chi connectivity index (χ2n) is 5.09. The van der Waals surface area contributed by atoms with Gasteiger partial charge in [0.2, 0.25) is 5.91 Å². The topological polar surface area (TPSA) is 55.1 Å². The van der Waals surface area contributed by atoms with E-state index in [1.165, 1.54) is 37.0 Å². The Kier molecular flexibility index (Phi) is 8.38. The van der Waals surface area contributed by atoms with Crippen LogP contribution in [0.25, 0.3) is 0 Å². The summed E-state index contributed by atoms with van der Waals surface area (Å²) in [5.41, 5.74) is 8.20. The van der Waals surface area contributed by atoms with Gasteiger partial charge in [-0.25, -0.2) is 0 Å². The Morgan fingerprint density at radius 1 is 1.25 bits per heavy atom. The molecule has 0 atom stereocenters. The molecule has 0 aliphatic rings. The third-order valence-corrected chi connectivity index (χ3v) is 4.09. The number of carbonyl (C=O) groups is 1. The van der Waals surface area contributed by atoms with Crippen molar-refractivity contribution in [3.8, 4) is 0 Å². The Hall–Kier alpha value is -1.00. The summed E-state index contributed by atoms with van der Waals surface area (Å²) in [5, 5.41) is 3.46. The van der Waals surface area contributed by atoms with E-state index < -0.39 is 0 Å². The lowest BCUT2D eigenvalue weighted by Crippen LogP contribution is -2.16. The zero-order valence-corrected chi connectivity index (χ0v) is 13.4. The van der Waals surface area contributed by atoms with Crippen molar-refractivity contribution < 1.29 is 4.79 Å². The second-order valence-corrected chi connectivity index (χ2v) is 6.07. The molecule has 3 nitrogen and oxygen atoms in total. The van der Waals surface area contributed by atoms with Crippen molar-refractivity contribution in [1.82, 2.24) is 5.32 Å². The molecule has 0 heterocycles. The molecular weight excluding hydrogens is 268 g/mol. The van der Waals surface area contributed by atoms with Crippen molar-refractivity contribution in [2.24, 2.45) is 5.73 Å². The number of aryl methyl sites for hydroxylation is 1. The average molecular weight is 294 g/mol. The molecule has 0 saturated heterocycles. The number of unbranched alkanes of at least 4 members (excludes halogenated alkanes) is 3. The molecule has 0 aliphatic carbocycles. The van der Waals surface area contributed by atoms with E-state index in [1.54, 1.807) is 6.07 Å². The quantitative estimate of drug-likeness (QED) is 0.652. The summed E-state index contributed by atoms with van der Waals surface area (Å²) in [4.78, 5) is 11.1. The van der Waals surface area contributed by atoms with Crippen molar-refractivity contribution in [1.29, 1.82) is 0 Å². The van der Waals surface area contributed by atoms with Crippen LogP contribution in [0.15, 0.2) is 18.2 Å². The summed E-state index contributed by atoms with van der Waals surface area (Å²) in [5.74, 6) is 0.914. The number of carbonyl (C=O) groups excluding carboxylic acids is 1. The highest BCUT2D eigenvalue weighted by Gasteiger charge is 2.03. The lowest BCUT2D eigenvalue weighted by atomic mass is 10.0. The summed E-state index contributed by atoms with van der Waals surface area (Å²) < 4.78 is 0. The summed E-state index contributed by atoms with van der Waals surface area (Å²) in [6.07, 6.45) is 7.34. The van der Waals surface area contributed by atoms with Gasteiger partial charge in [-0.05, 0) is 61.6 Å². The van der Waals surface area contributed by atoms with E-state index in [9.17, 15) is 4.79 Å². The van der Waals surface area contributed by atoms with Crippen LogP contribution in [0.3, 0.4) is 0 Å². The highest BCUT2D eigenvalue weighted by atomic mass is 32.2. The number of rotatable bonds is 10. The first-order valence-electron chi connectivity index (χ1n) is 7.24. The molecule has 1 rings (SSSR count). The standard InChI is InChI=1S/C16H26N2OS/c1-13-11-14(16(17)19)7-8-15(13)12-18-9-5-3-4-6-10-20-2/h7-8,11,18H,3-6,9-10,12H2,1-2H3,(H2,17,19). The number of primary amides is 1. The van der Waals surface area contributed by atoms with Crippen LogP contribution in [-0.4, -0.2) is 24.5 Å². The zero-order valence-electron chi connectivity index (χ0n) is 12.6. The highest BCUT2D eigenvalue weighted by Crippen LogP contribution is 2.11. The Morgan fingerprint density at radius 3 is 2.65 bits per heavy atom.